The average molecular weight is 112 g/mol. The first-order valence-corrected chi connectivity index (χ1v) is 2.96. The summed E-state index contributed by atoms with van der Waals surface area (Å²) in [5.41, 5.74) is 0.0666. The van der Waals surface area contributed by atoms with Crippen LogP contribution < -0.4 is 0 Å². The fourth-order valence-corrected chi connectivity index (χ4v) is 1.16. The van der Waals surface area contributed by atoms with Gasteiger partial charge in [0.25, 0.3) is 0 Å². The van der Waals surface area contributed by atoms with Crippen LogP contribution in [0.2, 0.25) is 0 Å². The highest BCUT2D eigenvalue weighted by Crippen LogP contribution is 2.45. The quantitative estimate of drug-likeness (QED) is 0.456. The van der Waals surface area contributed by atoms with Crippen LogP contribution in [0.15, 0.2) is 0 Å². The van der Waals surface area contributed by atoms with Crippen LogP contribution in [0.3, 0.4) is 0 Å². The van der Waals surface area contributed by atoms with E-state index in [2.05, 4.69) is 0 Å². The predicted octanol–water partition coefficient (Wildman–Crippen LogP) is 0.508. The zero-order valence-corrected chi connectivity index (χ0v) is 4.64. The molecular formula is C6H8O2. The Bertz CT molecular complexity index is 135. The van der Waals surface area contributed by atoms with E-state index < -0.39 is 0 Å². The molecule has 8 heavy (non-hydrogen) atoms. The molecule has 1 heterocycles. The Hall–Kier alpha value is -0.370. The molecule has 0 aromatic carbocycles. The van der Waals surface area contributed by atoms with E-state index in [0.717, 1.165) is 12.8 Å². The van der Waals surface area contributed by atoms with Crippen LogP contribution >= 0.6 is 0 Å². The maximum absolute atomic E-state index is 10.6. The van der Waals surface area contributed by atoms with Gasteiger partial charge in [-0.05, 0) is 12.8 Å². The summed E-state index contributed by atoms with van der Waals surface area (Å²) < 4.78 is 5.21. The van der Waals surface area contributed by atoms with Gasteiger partial charge in [-0.1, -0.05) is 0 Å². The Morgan fingerprint density at radius 3 is 2.50 bits per heavy atom. The molecule has 44 valence electrons. The fourth-order valence-electron chi connectivity index (χ4n) is 1.16. The summed E-state index contributed by atoms with van der Waals surface area (Å²) in [5, 5.41) is 0. The summed E-state index contributed by atoms with van der Waals surface area (Å²) in [6.45, 7) is 0.375. The van der Waals surface area contributed by atoms with Crippen LogP contribution in [0.25, 0.3) is 0 Å². The SMILES string of the molecule is O=C1COC2(CC2)C1. The lowest BCUT2D eigenvalue weighted by Crippen LogP contribution is -2.03. The number of carbonyl (C=O) groups excluding carboxylic acids is 1. The van der Waals surface area contributed by atoms with Gasteiger partial charge in [0.2, 0.25) is 0 Å². The Morgan fingerprint density at radius 1 is 1.50 bits per heavy atom. The highest BCUT2D eigenvalue weighted by molar-refractivity contribution is 5.83. The van der Waals surface area contributed by atoms with Crippen LogP contribution in [-0.4, -0.2) is 18.0 Å². The van der Waals surface area contributed by atoms with Crippen LogP contribution in [0, 0.1) is 0 Å². The molecule has 2 aliphatic rings. The molecule has 1 saturated heterocycles. The largest absolute Gasteiger partial charge is 0.367 e. The molecule has 1 aliphatic carbocycles. The summed E-state index contributed by atoms with van der Waals surface area (Å²) >= 11 is 0. The normalized spacial score (nSPS) is 31.8. The predicted molar refractivity (Wildman–Crippen MR) is 27.5 cm³/mol. The second-order valence-corrected chi connectivity index (χ2v) is 2.69. The number of Topliss-reactive ketones (excluding diaryl/α,β-unsaturated/α-hetero) is 1. The number of ether oxygens (including phenoxy) is 1. The molecule has 2 heteroatoms. The molecule has 0 aromatic heterocycles. The van der Waals surface area contributed by atoms with Crippen molar-refractivity contribution in [1.29, 1.82) is 0 Å². The van der Waals surface area contributed by atoms with Crippen LogP contribution in [-0.2, 0) is 9.53 Å². The van der Waals surface area contributed by atoms with Gasteiger partial charge >= 0.3 is 0 Å². The summed E-state index contributed by atoms with van der Waals surface area (Å²) in [6.07, 6.45) is 2.91. The maximum atomic E-state index is 10.6. The third kappa shape index (κ3) is 0.494. The molecule has 0 aromatic rings. The average Bonchev–Trinajstić information content (AvgIpc) is 2.34. The summed E-state index contributed by atoms with van der Waals surface area (Å²) in [4.78, 5) is 10.6. The van der Waals surface area contributed by atoms with Crippen molar-refractivity contribution in [3.8, 4) is 0 Å². The van der Waals surface area contributed by atoms with E-state index >= 15 is 0 Å². The van der Waals surface area contributed by atoms with Crippen molar-refractivity contribution in [3.63, 3.8) is 0 Å². The topological polar surface area (TPSA) is 26.3 Å². The van der Waals surface area contributed by atoms with Gasteiger partial charge in [-0.15, -0.1) is 0 Å². The van der Waals surface area contributed by atoms with Gasteiger partial charge in [0, 0.05) is 6.42 Å². The van der Waals surface area contributed by atoms with E-state index in [-0.39, 0.29) is 11.4 Å². The van der Waals surface area contributed by atoms with Crippen LogP contribution in [0.5, 0.6) is 0 Å². The van der Waals surface area contributed by atoms with Crippen molar-refractivity contribution in [3.05, 3.63) is 0 Å². The zero-order chi connectivity index (χ0) is 5.61. The minimum atomic E-state index is 0.0666. The number of hydrogen-bond acceptors (Lipinski definition) is 2. The lowest BCUT2D eigenvalue weighted by Gasteiger charge is -1.98. The first-order chi connectivity index (χ1) is 3.81. The minimum absolute atomic E-state index is 0.0666. The maximum Gasteiger partial charge on any atom is 0.161 e. The second kappa shape index (κ2) is 1.13. The zero-order valence-electron chi connectivity index (χ0n) is 4.64. The van der Waals surface area contributed by atoms with Gasteiger partial charge in [0.1, 0.15) is 6.61 Å². The molecule has 0 bridgehead atoms. The lowest BCUT2D eigenvalue weighted by atomic mass is 10.2. The Labute approximate surface area is 47.8 Å². The summed E-state index contributed by atoms with van der Waals surface area (Å²) in [7, 11) is 0. The van der Waals surface area contributed by atoms with Gasteiger partial charge in [0.15, 0.2) is 5.78 Å². The second-order valence-electron chi connectivity index (χ2n) is 2.69. The van der Waals surface area contributed by atoms with Crippen LogP contribution in [0.1, 0.15) is 19.3 Å². The molecule has 0 radical (unpaired) electrons. The van der Waals surface area contributed by atoms with E-state index in [1.165, 1.54) is 0 Å². The van der Waals surface area contributed by atoms with Gasteiger partial charge in [-0.2, -0.15) is 0 Å². The standard InChI is InChI=1S/C6H8O2/c7-5-3-6(1-2-6)8-4-5/h1-4H2. The van der Waals surface area contributed by atoms with Crippen molar-refractivity contribution in [2.24, 2.45) is 0 Å². The number of ketones is 1. The van der Waals surface area contributed by atoms with E-state index in [1.807, 2.05) is 0 Å². The lowest BCUT2D eigenvalue weighted by molar-refractivity contribution is -0.117. The molecule has 0 unspecified atom stereocenters. The van der Waals surface area contributed by atoms with E-state index in [0.29, 0.717) is 13.0 Å². The summed E-state index contributed by atoms with van der Waals surface area (Å²) in [5.74, 6) is 0.280. The van der Waals surface area contributed by atoms with Crippen molar-refractivity contribution in [2.75, 3.05) is 6.61 Å². The Kier molecular flexibility index (Phi) is 0.637. The molecule has 1 aliphatic heterocycles. The molecule has 1 saturated carbocycles. The third-order valence-electron chi connectivity index (χ3n) is 1.87. The Morgan fingerprint density at radius 2 is 2.25 bits per heavy atom. The first-order valence-electron chi connectivity index (χ1n) is 2.96. The van der Waals surface area contributed by atoms with Gasteiger partial charge in [-0.25, -0.2) is 0 Å². The number of hydrogen-bond donors (Lipinski definition) is 0. The molecule has 2 rings (SSSR count). The minimum Gasteiger partial charge on any atom is -0.367 e. The highest BCUT2D eigenvalue weighted by atomic mass is 16.5. The molecule has 1 spiro atoms. The van der Waals surface area contributed by atoms with Gasteiger partial charge in [0.05, 0.1) is 5.60 Å². The van der Waals surface area contributed by atoms with E-state index in [9.17, 15) is 4.79 Å². The molecule has 0 amide bonds. The molecule has 0 atom stereocenters. The van der Waals surface area contributed by atoms with Gasteiger partial charge < -0.3 is 4.74 Å². The van der Waals surface area contributed by atoms with Crippen molar-refractivity contribution < 1.29 is 9.53 Å². The van der Waals surface area contributed by atoms with E-state index in [4.69, 9.17) is 4.74 Å². The molecule has 2 fully saturated rings. The smallest absolute Gasteiger partial charge is 0.161 e. The fraction of sp³-hybridized carbons (Fsp3) is 0.833. The molecular weight excluding hydrogens is 104 g/mol. The summed E-state index contributed by atoms with van der Waals surface area (Å²) in [6, 6.07) is 0. The first kappa shape index (κ1) is 4.50. The molecule has 2 nitrogen and oxygen atoms in total. The number of rotatable bonds is 0. The third-order valence-corrected chi connectivity index (χ3v) is 1.87. The van der Waals surface area contributed by atoms with Gasteiger partial charge in [-0.3, -0.25) is 4.79 Å². The Balaban J connectivity index is 2.13. The van der Waals surface area contributed by atoms with Crippen molar-refractivity contribution in [1.82, 2.24) is 0 Å². The number of carbonyl (C=O) groups is 1. The van der Waals surface area contributed by atoms with Crippen LogP contribution in [0.4, 0.5) is 0 Å². The van der Waals surface area contributed by atoms with Crippen molar-refractivity contribution >= 4 is 5.78 Å². The molecule has 0 N–H and O–H groups in total. The van der Waals surface area contributed by atoms with E-state index in [1.54, 1.807) is 0 Å². The monoisotopic (exact) mass is 112 g/mol. The van der Waals surface area contributed by atoms with Crippen molar-refractivity contribution in [2.45, 2.75) is 24.9 Å². The highest BCUT2D eigenvalue weighted by Gasteiger charge is 2.49.